The zero-order valence-electron chi connectivity index (χ0n) is 15.8. The molecule has 27 heavy (non-hydrogen) atoms. The second kappa shape index (κ2) is 9.07. The van der Waals surface area contributed by atoms with Crippen molar-refractivity contribution in [3.63, 3.8) is 0 Å². The fourth-order valence-corrected chi connectivity index (χ4v) is 4.26. The Morgan fingerprint density at radius 1 is 1.15 bits per heavy atom. The molecule has 0 amide bonds. The number of carbonyl (C=O) groups is 1. The van der Waals surface area contributed by atoms with E-state index in [1.54, 1.807) is 18.2 Å². The molecule has 0 heterocycles. The summed E-state index contributed by atoms with van der Waals surface area (Å²) in [5.74, 6) is 0.846. The van der Waals surface area contributed by atoms with E-state index < -0.39 is 8.38 Å². The average Bonchev–Trinajstić information content (AvgIpc) is 3.02. The van der Waals surface area contributed by atoms with E-state index in [1.807, 2.05) is 12.1 Å². The number of ketones is 1. The molecule has 1 aliphatic rings. The number of rotatable bonds is 7. The minimum Gasteiger partial charge on any atom is -0.376 e. The molecule has 2 unspecified atom stereocenters. The van der Waals surface area contributed by atoms with Crippen LogP contribution < -0.4 is 5.30 Å². The summed E-state index contributed by atoms with van der Waals surface area (Å²) in [6.45, 7) is 5.25. The van der Waals surface area contributed by atoms with Crippen LogP contribution in [0.25, 0.3) is 0 Å². The van der Waals surface area contributed by atoms with Crippen LogP contribution in [0.5, 0.6) is 0 Å². The molecule has 1 saturated carbocycles. The predicted molar refractivity (Wildman–Crippen MR) is 108 cm³/mol. The standard InChI is InChI=1S/C22H27O4P/c1-15(2)17-6-4-7-18(12-17)22-19(9-10-21(22)23)14-26-13-16-5-3-8-20(11-16)27(24)25/h3-8,11-12,15,19,22,24-25H,9-10,13-14H2,1-2H3. The molecule has 0 radical (unpaired) electrons. The van der Waals surface area contributed by atoms with E-state index in [0.29, 0.717) is 36.6 Å². The predicted octanol–water partition coefficient (Wildman–Crippen LogP) is 4.01. The van der Waals surface area contributed by atoms with Gasteiger partial charge in [0.05, 0.1) is 13.2 Å². The van der Waals surface area contributed by atoms with Gasteiger partial charge >= 0.3 is 0 Å². The van der Waals surface area contributed by atoms with Gasteiger partial charge in [-0.2, -0.15) is 0 Å². The minimum absolute atomic E-state index is 0.0854. The Morgan fingerprint density at radius 2 is 1.93 bits per heavy atom. The van der Waals surface area contributed by atoms with Crippen LogP contribution in [0.3, 0.4) is 0 Å². The number of benzene rings is 2. The molecule has 0 aliphatic heterocycles. The quantitative estimate of drug-likeness (QED) is 0.706. The number of hydrogen-bond donors (Lipinski definition) is 2. The summed E-state index contributed by atoms with van der Waals surface area (Å²) in [6, 6.07) is 15.5. The summed E-state index contributed by atoms with van der Waals surface area (Å²) in [7, 11) is -2.09. The highest BCUT2D eigenvalue weighted by atomic mass is 31.2. The van der Waals surface area contributed by atoms with Gasteiger partial charge < -0.3 is 14.5 Å². The van der Waals surface area contributed by atoms with Crippen LogP contribution in [0.4, 0.5) is 0 Å². The summed E-state index contributed by atoms with van der Waals surface area (Å²) in [5.41, 5.74) is 3.27. The summed E-state index contributed by atoms with van der Waals surface area (Å²) in [4.78, 5) is 31.2. The number of carbonyl (C=O) groups excluding carboxylic acids is 1. The van der Waals surface area contributed by atoms with E-state index in [2.05, 4.69) is 32.0 Å². The Hall–Kier alpha value is -1.58. The lowest BCUT2D eigenvalue weighted by molar-refractivity contribution is -0.119. The summed E-state index contributed by atoms with van der Waals surface area (Å²) >= 11 is 0. The van der Waals surface area contributed by atoms with Gasteiger partial charge in [0.15, 0.2) is 8.38 Å². The lowest BCUT2D eigenvalue weighted by Gasteiger charge is -2.20. The van der Waals surface area contributed by atoms with E-state index in [4.69, 9.17) is 4.74 Å². The van der Waals surface area contributed by atoms with Crippen LogP contribution >= 0.6 is 8.38 Å². The maximum atomic E-state index is 12.5. The Morgan fingerprint density at radius 3 is 2.67 bits per heavy atom. The highest BCUT2D eigenvalue weighted by molar-refractivity contribution is 7.54. The molecule has 0 bridgehead atoms. The Labute approximate surface area is 162 Å². The van der Waals surface area contributed by atoms with Crippen molar-refractivity contribution in [2.24, 2.45) is 5.92 Å². The minimum atomic E-state index is -2.09. The normalized spacial score (nSPS) is 20.0. The largest absolute Gasteiger partial charge is 0.376 e. The third-order valence-electron chi connectivity index (χ3n) is 5.26. The molecule has 3 rings (SSSR count). The highest BCUT2D eigenvalue weighted by Crippen LogP contribution is 2.38. The Bertz CT molecular complexity index is 787. The molecule has 1 fully saturated rings. The molecular weight excluding hydrogens is 359 g/mol. The highest BCUT2D eigenvalue weighted by Gasteiger charge is 2.36. The van der Waals surface area contributed by atoms with Crippen LogP contribution in [-0.4, -0.2) is 22.2 Å². The molecule has 0 aromatic heterocycles. The lowest BCUT2D eigenvalue weighted by atomic mass is 9.86. The van der Waals surface area contributed by atoms with Crippen LogP contribution in [0.2, 0.25) is 0 Å². The van der Waals surface area contributed by atoms with Gasteiger partial charge in [-0.1, -0.05) is 50.2 Å². The molecule has 2 aromatic carbocycles. The number of ether oxygens (including phenoxy) is 1. The zero-order chi connectivity index (χ0) is 19.4. The molecule has 2 N–H and O–H groups in total. The topological polar surface area (TPSA) is 66.8 Å². The Kier molecular flexibility index (Phi) is 6.78. The maximum absolute atomic E-state index is 12.5. The molecular formula is C22H27O4P. The first-order valence-electron chi connectivity index (χ1n) is 9.43. The molecule has 0 saturated heterocycles. The lowest BCUT2D eigenvalue weighted by Crippen LogP contribution is -2.18. The van der Waals surface area contributed by atoms with Gasteiger partial charge in [-0.25, -0.2) is 0 Å². The molecule has 1 aliphatic carbocycles. The van der Waals surface area contributed by atoms with Gasteiger partial charge in [0.2, 0.25) is 0 Å². The van der Waals surface area contributed by atoms with E-state index in [-0.39, 0.29) is 11.8 Å². The summed E-state index contributed by atoms with van der Waals surface area (Å²) in [6.07, 6.45) is 1.47. The Balaban J connectivity index is 1.65. The van der Waals surface area contributed by atoms with Crippen molar-refractivity contribution in [3.8, 4) is 0 Å². The molecule has 2 aromatic rings. The first-order valence-corrected chi connectivity index (χ1v) is 10.7. The average molecular weight is 386 g/mol. The molecule has 2 atom stereocenters. The van der Waals surface area contributed by atoms with Crippen molar-refractivity contribution in [1.29, 1.82) is 0 Å². The van der Waals surface area contributed by atoms with E-state index in [0.717, 1.165) is 17.5 Å². The first kappa shape index (κ1) is 20.2. The van der Waals surface area contributed by atoms with Gasteiger partial charge in [-0.05, 0) is 47.1 Å². The number of hydrogen-bond acceptors (Lipinski definition) is 4. The van der Waals surface area contributed by atoms with Crippen LogP contribution in [0.15, 0.2) is 48.5 Å². The van der Waals surface area contributed by atoms with Gasteiger partial charge in [0.1, 0.15) is 5.78 Å². The molecule has 0 spiro atoms. The molecule has 5 heteroatoms. The SMILES string of the molecule is CC(C)c1cccc(C2C(=O)CCC2COCc2cccc(P(O)O)c2)c1. The van der Waals surface area contributed by atoms with Crippen molar-refractivity contribution in [2.75, 3.05) is 6.61 Å². The molecule has 144 valence electrons. The third kappa shape index (κ3) is 5.03. The van der Waals surface area contributed by atoms with Crippen molar-refractivity contribution in [1.82, 2.24) is 0 Å². The van der Waals surface area contributed by atoms with Crippen molar-refractivity contribution in [3.05, 3.63) is 65.2 Å². The number of Topliss-reactive ketones (excluding diaryl/α,β-unsaturated/α-hetero) is 1. The van der Waals surface area contributed by atoms with E-state index in [1.165, 1.54) is 5.56 Å². The van der Waals surface area contributed by atoms with Gasteiger partial charge in [0, 0.05) is 17.6 Å². The summed E-state index contributed by atoms with van der Waals surface area (Å²) < 4.78 is 5.91. The van der Waals surface area contributed by atoms with Gasteiger partial charge in [-0.15, -0.1) is 0 Å². The smallest absolute Gasteiger partial charge is 0.199 e. The third-order valence-corrected chi connectivity index (χ3v) is 6.00. The monoisotopic (exact) mass is 386 g/mol. The van der Waals surface area contributed by atoms with E-state index in [9.17, 15) is 14.6 Å². The van der Waals surface area contributed by atoms with Crippen LogP contribution in [0, 0.1) is 5.92 Å². The van der Waals surface area contributed by atoms with Crippen molar-refractivity contribution >= 4 is 19.5 Å². The second-order valence-corrected chi connectivity index (χ2v) is 8.64. The summed E-state index contributed by atoms with van der Waals surface area (Å²) in [5, 5.41) is 0.519. The maximum Gasteiger partial charge on any atom is 0.199 e. The van der Waals surface area contributed by atoms with Crippen molar-refractivity contribution in [2.45, 2.75) is 45.1 Å². The van der Waals surface area contributed by atoms with Crippen LogP contribution in [-0.2, 0) is 16.1 Å². The van der Waals surface area contributed by atoms with Gasteiger partial charge in [-0.3, -0.25) is 4.79 Å². The van der Waals surface area contributed by atoms with Crippen LogP contribution in [0.1, 0.15) is 55.2 Å². The van der Waals surface area contributed by atoms with Gasteiger partial charge in [0.25, 0.3) is 0 Å². The molecule has 4 nitrogen and oxygen atoms in total. The fraction of sp³-hybridized carbons (Fsp3) is 0.409. The van der Waals surface area contributed by atoms with E-state index >= 15 is 0 Å². The fourth-order valence-electron chi connectivity index (χ4n) is 3.76. The second-order valence-electron chi connectivity index (χ2n) is 7.54. The zero-order valence-corrected chi connectivity index (χ0v) is 16.7. The van der Waals surface area contributed by atoms with Crippen molar-refractivity contribution < 1.29 is 19.3 Å². The first-order chi connectivity index (χ1) is 13.0.